The predicted molar refractivity (Wildman–Crippen MR) is 55.5 cm³/mol. The molecule has 0 saturated heterocycles. The quantitative estimate of drug-likeness (QED) is 0.626. The van der Waals surface area contributed by atoms with Crippen molar-refractivity contribution in [2.24, 2.45) is 5.73 Å². The smallest absolute Gasteiger partial charge is 0.119 e. The van der Waals surface area contributed by atoms with Gasteiger partial charge in [-0.25, -0.2) is 0 Å². The first-order chi connectivity index (χ1) is 5.06. The molecule has 1 aliphatic heterocycles. The van der Waals surface area contributed by atoms with Crippen molar-refractivity contribution in [3.63, 3.8) is 0 Å². The zero-order chi connectivity index (χ0) is 8.48. The highest BCUT2D eigenvalue weighted by atomic mass is 32.2. The Hall–Kier alpha value is 0.115. The van der Waals surface area contributed by atoms with Crippen LogP contribution in [0, 0.1) is 0 Å². The van der Waals surface area contributed by atoms with Crippen LogP contribution in [-0.4, -0.2) is 18.5 Å². The fraction of sp³-hybridized carbons (Fsp3) is 0.750. The second kappa shape index (κ2) is 3.24. The molecule has 0 aromatic rings. The number of thioether (sulfide) groups is 1. The molecule has 0 spiro atoms. The van der Waals surface area contributed by atoms with E-state index in [1.807, 2.05) is 11.8 Å². The van der Waals surface area contributed by atoms with Gasteiger partial charge >= 0.3 is 0 Å². The zero-order valence-electron chi connectivity index (χ0n) is 7.55. The van der Waals surface area contributed by atoms with E-state index in [0.717, 1.165) is 11.6 Å². The first-order valence-corrected chi connectivity index (χ1v) is 5.14. The summed E-state index contributed by atoms with van der Waals surface area (Å²) in [6.45, 7) is 4.27. The van der Waals surface area contributed by atoms with Gasteiger partial charge in [0, 0.05) is 5.54 Å². The molecular weight excluding hydrogens is 153 g/mol. The highest BCUT2D eigenvalue weighted by molar-refractivity contribution is 8.04. The van der Waals surface area contributed by atoms with Crippen molar-refractivity contribution in [1.29, 1.82) is 0 Å². The lowest BCUT2D eigenvalue weighted by molar-refractivity contribution is 0.518. The van der Waals surface area contributed by atoms with E-state index >= 15 is 0 Å². The molecule has 1 rings (SSSR count). The lowest BCUT2D eigenvalue weighted by Crippen LogP contribution is -2.37. The van der Waals surface area contributed by atoms with Crippen LogP contribution in [-0.2, 0) is 0 Å². The SMILES string of the molecule is BC1CC(C(C)(N)CC)=CS1. The van der Waals surface area contributed by atoms with Gasteiger partial charge in [-0.1, -0.05) is 6.92 Å². The van der Waals surface area contributed by atoms with Gasteiger partial charge in [-0.3, -0.25) is 0 Å². The Balaban J connectivity index is 2.62. The molecule has 1 nitrogen and oxygen atoms in total. The van der Waals surface area contributed by atoms with Gasteiger partial charge in [0.05, 0.1) is 0 Å². The van der Waals surface area contributed by atoms with E-state index in [4.69, 9.17) is 5.73 Å². The standard InChI is InChI=1S/C8H16BNS/c1-3-8(2,10)6-4-7(9)11-5-6/h5,7H,3-4,9-10H2,1-2H3. The predicted octanol–water partition coefficient (Wildman–Crippen LogP) is 1.09. The van der Waals surface area contributed by atoms with Crippen LogP contribution in [0.1, 0.15) is 26.7 Å². The average molecular weight is 169 g/mol. The van der Waals surface area contributed by atoms with Gasteiger partial charge in [0.25, 0.3) is 0 Å². The molecule has 0 aromatic heterocycles. The van der Waals surface area contributed by atoms with Crippen molar-refractivity contribution in [3.8, 4) is 0 Å². The van der Waals surface area contributed by atoms with E-state index in [1.54, 1.807) is 0 Å². The molecule has 2 N–H and O–H groups in total. The fourth-order valence-corrected chi connectivity index (χ4v) is 2.24. The van der Waals surface area contributed by atoms with Gasteiger partial charge in [0.15, 0.2) is 0 Å². The molecule has 1 aliphatic rings. The Bertz CT molecular complexity index is 177. The molecule has 0 bridgehead atoms. The minimum absolute atomic E-state index is 0.0578. The van der Waals surface area contributed by atoms with E-state index in [0.29, 0.717) is 0 Å². The summed E-state index contributed by atoms with van der Waals surface area (Å²) in [5, 5.41) is 2.98. The van der Waals surface area contributed by atoms with Crippen molar-refractivity contribution < 1.29 is 0 Å². The van der Waals surface area contributed by atoms with Crippen molar-refractivity contribution >= 4 is 19.6 Å². The minimum Gasteiger partial charge on any atom is -0.322 e. The highest BCUT2D eigenvalue weighted by Gasteiger charge is 2.26. The van der Waals surface area contributed by atoms with Crippen molar-refractivity contribution in [1.82, 2.24) is 0 Å². The van der Waals surface area contributed by atoms with E-state index in [9.17, 15) is 0 Å². The minimum atomic E-state index is -0.0578. The summed E-state index contributed by atoms with van der Waals surface area (Å²) >= 11 is 1.91. The molecule has 11 heavy (non-hydrogen) atoms. The zero-order valence-corrected chi connectivity index (χ0v) is 8.37. The summed E-state index contributed by atoms with van der Waals surface area (Å²) in [6.07, 6.45) is 2.21. The Morgan fingerprint density at radius 2 is 2.55 bits per heavy atom. The summed E-state index contributed by atoms with van der Waals surface area (Å²) in [5.74, 6) is 0. The fourth-order valence-electron chi connectivity index (χ4n) is 1.20. The number of rotatable bonds is 2. The van der Waals surface area contributed by atoms with Crippen molar-refractivity contribution in [2.45, 2.75) is 37.4 Å². The summed E-state index contributed by atoms with van der Waals surface area (Å²) in [7, 11) is 2.25. The molecule has 0 aromatic carbocycles. The number of hydrogen-bond acceptors (Lipinski definition) is 2. The van der Waals surface area contributed by atoms with Crippen LogP contribution in [0.15, 0.2) is 11.0 Å². The monoisotopic (exact) mass is 169 g/mol. The van der Waals surface area contributed by atoms with Crippen LogP contribution >= 0.6 is 11.8 Å². The van der Waals surface area contributed by atoms with Crippen LogP contribution in [0.4, 0.5) is 0 Å². The van der Waals surface area contributed by atoms with Crippen LogP contribution in [0.5, 0.6) is 0 Å². The molecular formula is C8H16BNS. The van der Waals surface area contributed by atoms with E-state index < -0.39 is 0 Å². The van der Waals surface area contributed by atoms with Crippen LogP contribution in [0.2, 0.25) is 0 Å². The molecule has 62 valence electrons. The Kier molecular flexibility index (Phi) is 2.71. The molecule has 0 aliphatic carbocycles. The Labute approximate surface area is 74.2 Å². The largest absolute Gasteiger partial charge is 0.322 e. The molecule has 0 amide bonds. The maximum absolute atomic E-state index is 6.10. The van der Waals surface area contributed by atoms with Crippen LogP contribution < -0.4 is 5.73 Å². The van der Waals surface area contributed by atoms with Gasteiger partial charge in [-0.15, -0.1) is 11.8 Å². The molecule has 1 heterocycles. The molecule has 0 fully saturated rings. The average Bonchev–Trinajstić information content (AvgIpc) is 2.36. The Morgan fingerprint density at radius 1 is 1.91 bits per heavy atom. The highest BCUT2D eigenvalue weighted by Crippen LogP contribution is 2.34. The van der Waals surface area contributed by atoms with E-state index in [-0.39, 0.29) is 5.54 Å². The summed E-state index contributed by atoms with van der Waals surface area (Å²) < 4.78 is 0. The van der Waals surface area contributed by atoms with Gasteiger partial charge in [-0.05, 0) is 35.9 Å². The van der Waals surface area contributed by atoms with Crippen molar-refractivity contribution in [2.75, 3.05) is 0 Å². The normalized spacial score (nSPS) is 29.7. The van der Waals surface area contributed by atoms with Crippen LogP contribution in [0.25, 0.3) is 0 Å². The van der Waals surface area contributed by atoms with Gasteiger partial charge < -0.3 is 5.73 Å². The van der Waals surface area contributed by atoms with Gasteiger partial charge in [0.1, 0.15) is 7.85 Å². The molecule has 0 radical (unpaired) electrons. The van der Waals surface area contributed by atoms with Gasteiger partial charge in [-0.2, -0.15) is 0 Å². The van der Waals surface area contributed by atoms with Crippen molar-refractivity contribution in [3.05, 3.63) is 11.0 Å². The molecule has 2 atom stereocenters. The molecule has 2 unspecified atom stereocenters. The first-order valence-electron chi connectivity index (χ1n) is 4.20. The summed E-state index contributed by atoms with van der Waals surface area (Å²) in [5.41, 5.74) is 7.47. The third-order valence-corrected chi connectivity index (χ3v) is 3.47. The topological polar surface area (TPSA) is 26.0 Å². The van der Waals surface area contributed by atoms with E-state index in [2.05, 4.69) is 27.1 Å². The maximum atomic E-state index is 6.10. The van der Waals surface area contributed by atoms with E-state index in [1.165, 1.54) is 12.0 Å². The van der Waals surface area contributed by atoms with Crippen LogP contribution in [0.3, 0.4) is 0 Å². The second-order valence-electron chi connectivity index (χ2n) is 3.56. The molecule has 0 saturated carbocycles. The third kappa shape index (κ3) is 2.03. The third-order valence-electron chi connectivity index (χ3n) is 2.42. The lowest BCUT2D eigenvalue weighted by Gasteiger charge is -2.24. The lowest BCUT2D eigenvalue weighted by atomic mass is 9.85. The number of nitrogens with two attached hydrogens (primary N) is 1. The summed E-state index contributed by atoms with van der Waals surface area (Å²) in [4.78, 5) is 0. The Morgan fingerprint density at radius 3 is 2.91 bits per heavy atom. The maximum Gasteiger partial charge on any atom is 0.119 e. The summed E-state index contributed by atoms with van der Waals surface area (Å²) in [6, 6.07) is 0. The second-order valence-corrected chi connectivity index (χ2v) is 4.88. The van der Waals surface area contributed by atoms with Gasteiger partial charge in [0.2, 0.25) is 0 Å². The first kappa shape index (κ1) is 9.20. The number of hydrogen-bond donors (Lipinski definition) is 1. The molecule has 3 heteroatoms.